The Bertz CT molecular complexity index is 1490. The fourth-order valence-electron chi connectivity index (χ4n) is 5.09. The van der Waals surface area contributed by atoms with Crippen molar-refractivity contribution in [3.63, 3.8) is 0 Å². The smallest absolute Gasteiger partial charge is 0.229 e. The van der Waals surface area contributed by atoms with Gasteiger partial charge in [0, 0.05) is 6.07 Å². The number of phenolic OH excluding ortho intramolecular Hbond substituents is 1. The maximum Gasteiger partial charge on any atom is 0.229 e. The second-order valence-electron chi connectivity index (χ2n) is 11.5. The molecule has 7 nitrogen and oxygen atoms in total. The van der Waals surface area contributed by atoms with E-state index in [2.05, 4.69) is 95.0 Å². The Balaban J connectivity index is 1.13. The molecule has 4 rings (SSSR count). The molecule has 0 spiro atoms. The van der Waals surface area contributed by atoms with Crippen LogP contribution in [0.3, 0.4) is 0 Å². The number of nitrogens with one attached hydrogen (secondary N) is 2. The zero-order chi connectivity index (χ0) is 32.5. The number of aryl methyl sites for hydroxylation is 2. The van der Waals surface area contributed by atoms with Crippen LogP contribution in [0.15, 0.2) is 103 Å². The van der Waals surface area contributed by atoms with Crippen molar-refractivity contribution >= 4 is 23.6 Å². The van der Waals surface area contributed by atoms with Crippen LogP contribution in [0.5, 0.6) is 17.2 Å². The molecule has 0 bridgehead atoms. The van der Waals surface area contributed by atoms with Gasteiger partial charge in [-0.2, -0.15) is 0 Å². The minimum Gasteiger partial charge on any atom is -0.506 e. The van der Waals surface area contributed by atoms with E-state index >= 15 is 0 Å². The summed E-state index contributed by atoms with van der Waals surface area (Å²) in [5.74, 6) is 1.29. The first-order valence-electron chi connectivity index (χ1n) is 16.0. The third-order valence-corrected chi connectivity index (χ3v) is 10.5. The fourth-order valence-corrected chi connectivity index (χ4v) is 7.68. The standard InChI is InChI=1S/C37H47N2O5PS/c1-46(41,42)39-36-29-35(21-22-37(36)40)43-26-10-24-38-25-23-33-17-19-34(20-18-33)44-30-45(27-8-15-31-11-4-2-5-12-31)28-9-16-32-13-6-3-7-14-32/h2-7,11-14,17-22,29,38-40H,8-10,15-16,23-28,30H2,1H3. The maximum atomic E-state index is 11.5. The summed E-state index contributed by atoms with van der Waals surface area (Å²) in [6.45, 7) is 2.13. The molecular formula is C37H47N2O5PS. The van der Waals surface area contributed by atoms with Crippen LogP contribution in [0.2, 0.25) is 0 Å². The van der Waals surface area contributed by atoms with Gasteiger partial charge in [-0.15, -0.1) is 0 Å². The van der Waals surface area contributed by atoms with E-state index in [4.69, 9.17) is 9.47 Å². The quantitative estimate of drug-likeness (QED) is 0.0488. The van der Waals surface area contributed by atoms with Gasteiger partial charge in [0.15, 0.2) is 0 Å². The van der Waals surface area contributed by atoms with Crippen LogP contribution in [-0.4, -0.2) is 58.1 Å². The van der Waals surface area contributed by atoms with Gasteiger partial charge in [-0.1, -0.05) is 80.7 Å². The molecule has 0 atom stereocenters. The minimum atomic E-state index is -3.49. The maximum absolute atomic E-state index is 11.5. The molecule has 4 aromatic carbocycles. The average molecular weight is 663 g/mol. The number of aromatic hydroxyl groups is 1. The largest absolute Gasteiger partial charge is 0.506 e. The summed E-state index contributed by atoms with van der Waals surface area (Å²) in [6.07, 6.45) is 10.7. The fraction of sp³-hybridized carbons (Fsp3) is 0.351. The Morgan fingerprint density at radius 2 is 1.26 bits per heavy atom. The monoisotopic (exact) mass is 662 g/mol. The predicted octanol–water partition coefficient (Wildman–Crippen LogP) is 7.45. The van der Waals surface area contributed by atoms with Gasteiger partial charge in [0.1, 0.15) is 23.6 Å². The van der Waals surface area contributed by atoms with Crippen LogP contribution >= 0.6 is 7.92 Å². The normalized spacial score (nSPS) is 11.4. The molecule has 0 aliphatic heterocycles. The lowest BCUT2D eigenvalue weighted by Crippen LogP contribution is -2.20. The molecule has 46 heavy (non-hydrogen) atoms. The van der Waals surface area contributed by atoms with Crippen molar-refractivity contribution in [1.82, 2.24) is 5.32 Å². The van der Waals surface area contributed by atoms with E-state index in [1.165, 1.54) is 54.0 Å². The number of benzene rings is 4. The van der Waals surface area contributed by atoms with Crippen LogP contribution in [-0.2, 0) is 29.3 Å². The Kier molecular flexibility index (Phi) is 14.7. The molecule has 0 amide bonds. The van der Waals surface area contributed by atoms with Gasteiger partial charge in [-0.25, -0.2) is 8.42 Å². The van der Waals surface area contributed by atoms with Crippen molar-refractivity contribution < 1.29 is 23.0 Å². The Hall–Kier alpha value is -3.58. The first kappa shape index (κ1) is 35.3. The van der Waals surface area contributed by atoms with E-state index in [-0.39, 0.29) is 19.4 Å². The van der Waals surface area contributed by atoms with Gasteiger partial charge in [0.05, 0.1) is 18.6 Å². The number of sulfonamides is 1. The predicted molar refractivity (Wildman–Crippen MR) is 191 cm³/mol. The van der Waals surface area contributed by atoms with E-state index < -0.39 is 10.0 Å². The molecular weight excluding hydrogens is 615 g/mol. The summed E-state index contributed by atoms with van der Waals surface area (Å²) in [7, 11) is -3.70. The molecule has 0 aliphatic carbocycles. The molecule has 3 N–H and O–H groups in total. The summed E-state index contributed by atoms with van der Waals surface area (Å²) in [5.41, 5.74) is 4.19. The zero-order valence-corrected chi connectivity index (χ0v) is 28.4. The Morgan fingerprint density at radius 3 is 1.87 bits per heavy atom. The van der Waals surface area contributed by atoms with Crippen molar-refractivity contribution in [3.05, 3.63) is 120 Å². The molecule has 0 saturated carbocycles. The zero-order valence-electron chi connectivity index (χ0n) is 26.7. The van der Waals surface area contributed by atoms with E-state index in [0.717, 1.165) is 57.1 Å². The second-order valence-corrected chi connectivity index (χ2v) is 15.7. The molecule has 0 aromatic heterocycles. The number of ether oxygens (including phenoxy) is 2. The molecule has 0 fully saturated rings. The molecule has 4 aromatic rings. The summed E-state index contributed by atoms with van der Waals surface area (Å²) in [5, 5.41) is 13.3. The van der Waals surface area contributed by atoms with Gasteiger partial charge in [-0.3, -0.25) is 4.72 Å². The first-order valence-corrected chi connectivity index (χ1v) is 19.8. The molecule has 0 saturated heterocycles. The van der Waals surface area contributed by atoms with Crippen molar-refractivity contribution in [2.24, 2.45) is 0 Å². The summed E-state index contributed by atoms with van der Waals surface area (Å²) in [4.78, 5) is 0. The average Bonchev–Trinajstić information content (AvgIpc) is 3.05. The van der Waals surface area contributed by atoms with Gasteiger partial charge in [0.25, 0.3) is 0 Å². The summed E-state index contributed by atoms with van der Waals surface area (Å²) >= 11 is 0. The SMILES string of the molecule is CS(=O)(=O)Nc1cc(OCCCNCCc2ccc(OCP(CCCc3ccccc3)CCCc3ccccc3)cc2)ccc1O. The number of hydrogen-bond donors (Lipinski definition) is 3. The Morgan fingerprint density at radius 1 is 0.674 bits per heavy atom. The molecule has 0 heterocycles. The van der Waals surface area contributed by atoms with Crippen LogP contribution in [0.25, 0.3) is 0 Å². The molecule has 246 valence electrons. The lowest BCUT2D eigenvalue weighted by molar-refractivity contribution is 0.308. The third kappa shape index (κ3) is 13.8. The van der Waals surface area contributed by atoms with Crippen LogP contribution in [0, 0.1) is 0 Å². The highest BCUT2D eigenvalue weighted by atomic mass is 32.2. The minimum absolute atomic E-state index is 0.105. The number of anilines is 1. The molecule has 0 radical (unpaired) electrons. The number of rotatable bonds is 21. The Labute approximate surface area is 276 Å². The highest BCUT2D eigenvalue weighted by Crippen LogP contribution is 2.38. The van der Waals surface area contributed by atoms with E-state index in [0.29, 0.717) is 12.4 Å². The highest BCUT2D eigenvalue weighted by Gasteiger charge is 2.11. The van der Waals surface area contributed by atoms with E-state index in [1.807, 2.05) is 0 Å². The van der Waals surface area contributed by atoms with Crippen molar-refractivity contribution in [2.75, 3.05) is 49.3 Å². The van der Waals surface area contributed by atoms with Crippen molar-refractivity contribution in [2.45, 2.75) is 38.5 Å². The molecule has 9 heteroatoms. The number of hydrogen-bond acceptors (Lipinski definition) is 6. The van der Waals surface area contributed by atoms with Gasteiger partial charge < -0.3 is 19.9 Å². The van der Waals surface area contributed by atoms with Crippen LogP contribution in [0.4, 0.5) is 5.69 Å². The third-order valence-electron chi connectivity index (χ3n) is 7.52. The lowest BCUT2D eigenvalue weighted by atomic mass is 10.1. The summed E-state index contributed by atoms with van der Waals surface area (Å²) < 4.78 is 37.3. The van der Waals surface area contributed by atoms with Gasteiger partial charge in [-0.05, 0) is 105 Å². The van der Waals surface area contributed by atoms with Crippen molar-refractivity contribution in [3.8, 4) is 17.2 Å². The molecule has 0 aliphatic rings. The van der Waals surface area contributed by atoms with Crippen LogP contribution in [0.1, 0.15) is 36.0 Å². The second kappa shape index (κ2) is 19.2. The van der Waals surface area contributed by atoms with E-state index in [1.54, 1.807) is 6.07 Å². The summed E-state index contributed by atoms with van der Waals surface area (Å²) in [6, 6.07) is 34.5. The first-order chi connectivity index (χ1) is 22.3. The lowest BCUT2D eigenvalue weighted by Gasteiger charge is -2.19. The van der Waals surface area contributed by atoms with Gasteiger partial charge >= 0.3 is 0 Å². The highest BCUT2D eigenvalue weighted by molar-refractivity contribution is 7.92. The van der Waals surface area contributed by atoms with E-state index in [9.17, 15) is 13.5 Å². The van der Waals surface area contributed by atoms with Crippen molar-refractivity contribution in [1.29, 1.82) is 0 Å². The number of phenols is 1. The molecule has 0 unspecified atom stereocenters. The topological polar surface area (TPSA) is 96.9 Å². The van der Waals surface area contributed by atoms with Crippen LogP contribution < -0.4 is 19.5 Å². The van der Waals surface area contributed by atoms with Gasteiger partial charge in [0.2, 0.25) is 10.0 Å².